The monoisotopic (exact) mass is 414 g/mol. The van der Waals surface area contributed by atoms with Crippen molar-refractivity contribution in [3.8, 4) is 6.07 Å². The summed E-state index contributed by atoms with van der Waals surface area (Å²) in [5, 5.41) is 9.05. The second kappa shape index (κ2) is 7.37. The Kier molecular flexibility index (Phi) is 5.34. The number of hydrogen-bond acceptors (Lipinski definition) is 5. The van der Waals surface area contributed by atoms with Crippen LogP contribution in [-0.2, 0) is 10.0 Å². The number of anilines is 1. The maximum Gasteiger partial charge on any atom is 0.243 e. The third kappa shape index (κ3) is 3.62. The molecule has 0 unspecified atom stereocenters. The second-order valence-corrected chi connectivity index (χ2v) is 8.33. The van der Waals surface area contributed by atoms with Gasteiger partial charge in [-0.2, -0.15) is 9.57 Å². The number of nitriles is 1. The summed E-state index contributed by atoms with van der Waals surface area (Å²) in [5.41, 5.74) is 0.125. The van der Waals surface area contributed by atoms with Gasteiger partial charge in [-0.25, -0.2) is 17.8 Å². The highest BCUT2D eigenvalue weighted by Gasteiger charge is 2.29. The molecule has 0 atom stereocenters. The van der Waals surface area contributed by atoms with E-state index in [2.05, 4.69) is 4.98 Å². The van der Waals surface area contributed by atoms with Crippen LogP contribution in [0.1, 0.15) is 5.69 Å². The summed E-state index contributed by atoms with van der Waals surface area (Å²) in [6, 6.07) is 8.54. The Morgan fingerprint density at radius 1 is 1.08 bits per heavy atom. The predicted octanol–water partition coefficient (Wildman–Crippen LogP) is 2.91. The van der Waals surface area contributed by atoms with E-state index in [0.29, 0.717) is 18.9 Å². The van der Waals surface area contributed by atoms with Crippen molar-refractivity contribution in [3.05, 3.63) is 51.9 Å². The van der Waals surface area contributed by atoms with Gasteiger partial charge >= 0.3 is 0 Å². The van der Waals surface area contributed by atoms with E-state index in [1.54, 1.807) is 12.1 Å². The molecule has 3 rings (SSSR count). The van der Waals surface area contributed by atoms with E-state index in [9.17, 15) is 12.8 Å². The van der Waals surface area contributed by atoms with Gasteiger partial charge in [-0.05, 0) is 30.3 Å². The Morgan fingerprint density at radius 2 is 1.77 bits per heavy atom. The van der Waals surface area contributed by atoms with Gasteiger partial charge in [0.2, 0.25) is 10.0 Å². The average molecular weight is 415 g/mol. The molecule has 2 heterocycles. The largest absolute Gasteiger partial charge is 0.354 e. The van der Waals surface area contributed by atoms with Crippen LogP contribution in [0.25, 0.3) is 0 Å². The fraction of sp³-hybridized carbons (Fsp3) is 0.250. The Bertz CT molecular complexity index is 986. The van der Waals surface area contributed by atoms with Gasteiger partial charge in [-0.15, -0.1) is 0 Å². The average Bonchev–Trinajstić information content (AvgIpc) is 2.64. The molecule has 1 saturated heterocycles. The van der Waals surface area contributed by atoms with Crippen LogP contribution in [0, 0.1) is 17.1 Å². The van der Waals surface area contributed by atoms with E-state index in [1.807, 2.05) is 11.0 Å². The first-order valence-corrected chi connectivity index (χ1v) is 9.79. The fourth-order valence-corrected chi connectivity index (χ4v) is 4.47. The van der Waals surface area contributed by atoms with Crippen molar-refractivity contribution >= 4 is 39.0 Å². The molecule has 26 heavy (non-hydrogen) atoms. The molecule has 0 aliphatic carbocycles. The molecule has 1 aliphatic rings. The number of halogens is 3. The first-order valence-electron chi connectivity index (χ1n) is 7.60. The van der Waals surface area contributed by atoms with Gasteiger partial charge in [0.25, 0.3) is 0 Å². The van der Waals surface area contributed by atoms with Crippen molar-refractivity contribution in [2.45, 2.75) is 4.90 Å². The minimum Gasteiger partial charge on any atom is -0.354 e. The molecule has 0 amide bonds. The molecule has 1 fully saturated rings. The Labute approximate surface area is 160 Å². The van der Waals surface area contributed by atoms with Crippen LogP contribution < -0.4 is 4.90 Å². The normalized spacial score (nSPS) is 15.7. The highest BCUT2D eigenvalue weighted by atomic mass is 35.5. The molecule has 1 aliphatic heterocycles. The lowest BCUT2D eigenvalue weighted by Crippen LogP contribution is -2.49. The zero-order chi connectivity index (χ0) is 18.9. The van der Waals surface area contributed by atoms with E-state index >= 15 is 0 Å². The zero-order valence-electron chi connectivity index (χ0n) is 13.4. The lowest BCUT2D eigenvalue weighted by atomic mass is 10.3. The summed E-state index contributed by atoms with van der Waals surface area (Å²) in [7, 11) is -3.76. The molecule has 0 bridgehead atoms. The SMILES string of the molecule is N#Cc1nc(N2CCN(S(=O)(=O)c3ccc(F)c(Cl)c3)CC2)ccc1Cl. The Balaban J connectivity index is 1.75. The molecule has 136 valence electrons. The lowest BCUT2D eigenvalue weighted by molar-refractivity contribution is 0.383. The second-order valence-electron chi connectivity index (χ2n) is 5.58. The summed E-state index contributed by atoms with van der Waals surface area (Å²) in [6.07, 6.45) is 0. The molecule has 0 radical (unpaired) electrons. The number of benzene rings is 1. The first-order chi connectivity index (χ1) is 12.3. The highest BCUT2D eigenvalue weighted by molar-refractivity contribution is 7.89. The molecule has 2 aromatic rings. The fourth-order valence-electron chi connectivity index (χ4n) is 2.63. The summed E-state index contributed by atoms with van der Waals surface area (Å²) in [4.78, 5) is 6.02. The summed E-state index contributed by atoms with van der Waals surface area (Å²) in [6.45, 7) is 1.24. The lowest BCUT2D eigenvalue weighted by Gasteiger charge is -2.34. The number of nitrogens with zero attached hydrogens (tertiary/aromatic N) is 4. The van der Waals surface area contributed by atoms with Crippen LogP contribution in [0.5, 0.6) is 0 Å². The zero-order valence-corrected chi connectivity index (χ0v) is 15.7. The maximum atomic E-state index is 13.3. The Hall–Kier alpha value is -1.92. The van der Waals surface area contributed by atoms with Crippen LogP contribution in [0.4, 0.5) is 10.2 Å². The van der Waals surface area contributed by atoms with Crippen LogP contribution >= 0.6 is 23.2 Å². The number of pyridine rings is 1. The molecule has 0 N–H and O–H groups in total. The molecule has 1 aromatic heterocycles. The van der Waals surface area contributed by atoms with E-state index in [0.717, 1.165) is 12.1 Å². The summed E-state index contributed by atoms with van der Waals surface area (Å²) in [5.74, 6) is -0.106. The van der Waals surface area contributed by atoms with Crippen LogP contribution in [0.3, 0.4) is 0 Å². The quantitative estimate of drug-likeness (QED) is 0.771. The molecule has 6 nitrogen and oxygen atoms in total. The van der Waals surface area contributed by atoms with Crippen LogP contribution in [0.2, 0.25) is 10.0 Å². The van der Waals surface area contributed by atoms with Gasteiger partial charge in [0, 0.05) is 26.2 Å². The molecule has 1 aromatic carbocycles. The predicted molar refractivity (Wildman–Crippen MR) is 96.3 cm³/mol. The third-order valence-electron chi connectivity index (χ3n) is 4.03. The minimum atomic E-state index is -3.76. The van der Waals surface area contributed by atoms with Crippen molar-refractivity contribution in [2.75, 3.05) is 31.1 Å². The van der Waals surface area contributed by atoms with E-state index in [-0.39, 0.29) is 33.7 Å². The van der Waals surface area contributed by atoms with Crippen molar-refractivity contribution < 1.29 is 12.8 Å². The van der Waals surface area contributed by atoms with Crippen molar-refractivity contribution in [1.29, 1.82) is 5.26 Å². The molecular weight excluding hydrogens is 402 g/mol. The van der Waals surface area contributed by atoms with Crippen molar-refractivity contribution in [1.82, 2.24) is 9.29 Å². The number of aromatic nitrogens is 1. The number of rotatable bonds is 3. The Morgan fingerprint density at radius 3 is 2.38 bits per heavy atom. The van der Waals surface area contributed by atoms with Crippen molar-refractivity contribution in [2.24, 2.45) is 0 Å². The topological polar surface area (TPSA) is 77.3 Å². The molecule has 10 heteroatoms. The molecule has 0 saturated carbocycles. The van der Waals surface area contributed by atoms with Gasteiger partial charge in [-0.1, -0.05) is 23.2 Å². The number of sulfonamides is 1. The summed E-state index contributed by atoms with van der Waals surface area (Å²) >= 11 is 11.6. The molecule has 0 spiro atoms. The van der Waals surface area contributed by atoms with Crippen molar-refractivity contribution in [3.63, 3.8) is 0 Å². The van der Waals surface area contributed by atoms with Crippen LogP contribution in [0.15, 0.2) is 35.2 Å². The van der Waals surface area contributed by atoms with Gasteiger partial charge in [-0.3, -0.25) is 0 Å². The van der Waals surface area contributed by atoms with E-state index in [4.69, 9.17) is 28.5 Å². The standard InChI is InChI=1S/C16H13Cl2FN4O2S/c17-12-2-4-16(21-15(12)10-20)22-5-7-23(8-6-22)26(24,25)11-1-3-14(19)13(18)9-11/h1-4,9H,5-8H2. The first kappa shape index (κ1) is 18.9. The van der Waals surface area contributed by atoms with Crippen LogP contribution in [-0.4, -0.2) is 43.9 Å². The summed E-state index contributed by atoms with van der Waals surface area (Å²) < 4.78 is 40.0. The third-order valence-corrected chi connectivity index (χ3v) is 6.52. The van der Waals surface area contributed by atoms with Gasteiger partial charge in [0.15, 0.2) is 5.69 Å². The maximum absolute atomic E-state index is 13.3. The van der Waals surface area contributed by atoms with Gasteiger partial charge < -0.3 is 4.90 Å². The number of hydrogen-bond donors (Lipinski definition) is 0. The smallest absolute Gasteiger partial charge is 0.243 e. The van der Waals surface area contributed by atoms with Gasteiger partial charge in [0.1, 0.15) is 17.7 Å². The number of piperazine rings is 1. The minimum absolute atomic E-state index is 0.0475. The molecular formula is C16H13Cl2FN4O2S. The highest BCUT2D eigenvalue weighted by Crippen LogP contribution is 2.25. The van der Waals surface area contributed by atoms with E-state index < -0.39 is 15.8 Å². The van der Waals surface area contributed by atoms with Gasteiger partial charge in [0.05, 0.1) is 14.9 Å². The van der Waals surface area contributed by atoms with E-state index in [1.165, 1.54) is 10.4 Å².